The summed E-state index contributed by atoms with van der Waals surface area (Å²) in [6, 6.07) is 2.03. The summed E-state index contributed by atoms with van der Waals surface area (Å²) in [5.74, 6) is -0.792. The van der Waals surface area contributed by atoms with Gasteiger partial charge in [0.2, 0.25) is 10.0 Å². The van der Waals surface area contributed by atoms with Gasteiger partial charge in [-0.1, -0.05) is 11.6 Å². The van der Waals surface area contributed by atoms with Crippen molar-refractivity contribution in [3.8, 4) is 0 Å². The van der Waals surface area contributed by atoms with E-state index in [0.29, 0.717) is 5.75 Å². The lowest BCUT2D eigenvalue weighted by Gasteiger charge is -2.19. The van der Waals surface area contributed by atoms with Gasteiger partial charge in [0.05, 0.1) is 16.0 Å². The minimum absolute atomic E-state index is 0.213. The third kappa shape index (κ3) is 6.29. The molecule has 1 N–H and O–H groups in total. The van der Waals surface area contributed by atoms with Crippen LogP contribution in [-0.4, -0.2) is 38.5 Å². The number of carbonyl (C=O) groups excluding carboxylic acids is 1. The molecule has 0 amide bonds. The molecule has 0 aliphatic carbocycles. The van der Waals surface area contributed by atoms with Crippen molar-refractivity contribution < 1.29 is 22.3 Å². The quantitative estimate of drug-likeness (QED) is 0.699. The summed E-state index contributed by atoms with van der Waals surface area (Å²) in [6.07, 6.45) is 1.77. The molecule has 1 aromatic carbocycles. The molecule has 1 rings (SSSR count). The molecule has 5 nitrogen and oxygen atoms in total. The standard InChI is InChI=1S/C14H19ClFNO4S2/c1-9(2)21-14(18)13(6-7-22-3)17-23(19,20)10-4-5-12(16)11(15)8-10/h4-5,8-9,13,17H,6-7H2,1-3H3/t13-/m0/s1. The maximum absolute atomic E-state index is 13.2. The number of esters is 1. The molecular formula is C14H19ClFNO4S2. The van der Waals surface area contributed by atoms with Crippen molar-refractivity contribution in [2.45, 2.75) is 37.3 Å². The van der Waals surface area contributed by atoms with Crippen LogP contribution in [0.2, 0.25) is 5.02 Å². The maximum Gasteiger partial charge on any atom is 0.324 e. The van der Waals surface area contributed by atoms with Crippen LogP contribution in [0.15, 0.2) is 23.1 Å². The Morgan fingerprint density at radius 1 is 1.43 bits per heavy atom. The highest BCUT2D eigenvalue weighted by atomic mass is 35.5. The lowest BCUT2D eigenvalue weighted by Crippen LogP contribution is -2.42. The zero-order valence-electron chi connectivity index (χ0n) is 13.0. The first-order valence-corrected chi connectivity index (χ1v) is 10.1. The molecular weight excluding hydrogens is 365 g/mol. The summed E-state index contributed by atoms with van der Waals surface area (Å²) >= 11 is 7.09. The fraction of sp³-hybridized carbons (Fsp3) is 0.500. The minimum Gasteiger partial charge on any atom is -0.462 e. The Hall–Kier alpha value is -0.830. The van der Waals surface area contributed by atoms with Crippen LogP contribution in [0, 0.1) is 5.82 Å². The highest BCUT2D eigenvalue weighted by molar-refractivity contribution is 7.98. The Balaban J connectivity index is 2.99. The van der Waals surface area contributed by atoms with Crippen LogP contribution in [-0.2, 0) is 19.6 Å². The van der Waals surface area contributed by atoms with E-state index >= 15 is 0 Å². The van der Waals surface area contributed by atoms with Crippen molar-refractivity contribution in [2.75, 3.05) is 12.0 Å². The monoisotopic (exact) mass is 383 g/mol. The second-order valence-corrected chi connectivity index (χ2v) is 8.12. The predicted molar refractivity (Wildman–Crippen MR) is 89.7 cm³/mol. The molecule has 0 aromatic heterocycles. The predicted octanol–water partition coefficient (Wildman–Crippen LogP) is 2.83. The van der Waals surface area contributed by atoms with Crippen molar-refractivity contribution in [1.82, 2.24) is 4.72 Å². The minimum atomic E-state index is -4.02. The van der Waals surface area contributed by atoms with Crippen molar-refractivity contribution in [1.29, 1.82) is 0 Å². The number of nitrogens with one attached hydrogen (secondary N) is 1. The first-order chi connectivity index (χ1) is 10.7. The van der Waals surface area contributed by atoms with Crippen molar-refractivity contribution in [2.24, 2.45) is 0 Å². The van der Waals surface area contributed by atoms with Gasteiger partial charge in [0.25, 0.3) is 0 Å². The van der Waals surface area contributed by atoms with Gasteiger partial charge in [-0.05, 0) is 50.5 Å². The molecule has 1 aromatic rings. The van der Waals surface area contributed by atoms with Gasteiger partial charge in [-0.2, -0.15) is 16.5 Å². The van der Waals surface area contributed by atoms with Crippen LogP contribution in [0.25, 0.3) is 0 Å². The summed E-state index contributed by atoms with van der Waals surface area (Å²) in [7, 11) is -4.02. The van der Waals surface area contributed by atoms with Crippen LogP contribution in [0.5, 0.6) is 0 Å². The molecule has 0 aliphatic rings. The zero-order valence-corrected chi connectivity index (χ0v) is 15.4. The smallest absolute Gasteiger partial charge is 0.324 e. The molecule has 1 atom stereocenters. The fourth-order valence-corrected chi connectivity index (χ4v) is 3.64. The average molecular weight is 384 g/mol. The first kappa shape index (κ1) is 20.2. The Morgan fingerprint density at radius 2 is 2.09 bits per heavy atom. The van der Waals surface area contributed by atoms with Crippen LogP contribution in [0.4, 0.5) is 4.39 Å². The SMILES string of the molecule is CSCC[C@H](NS(=O)(=O)c1ccc(F)c(Cl)c1)C(=O)OC(C)C. The van der Waals surface area contributed by atoms with Crippen LogP contribution in [0.1, 0.15) is 20.3 Å². The molecule has 0 heterocycles. The van der Waals surface area contributed by atoms with Gasteiger partial charge in [-0.15, -0.1) is 0 Å². The van der Waals surface area contributed by atoms with E-state index in [1.54, 1.807) is 13.8 Å². The number of sulfonamides is 1. The van der Waals surface area contributed by atoms with Gasteiger partial charge < -0.3 is 4.74 Å². The molecule has 0 spiro atoms. The molecule has 0 saturated heterocycles. The van der Waals surface area contributed by atoms with E-state index < -0.39 is 27.9 Å². The molecule has 0 aliphatic heterocycles. The van der Waals surface area contributed by atoms with Crippen molar-refractivity contribution in [3.05, 3.63) is 29.0 Å². The van der Waals surface area contributed by atoms with E-state index in [4.69, 9.17) is 16.3 Å². The van der Waals surface area contributed by atoms with E-state index in [0.717, 1.165) is 18.2 Å². The van der Waals surface area contributed by atoms with Gasteiger partial charge in [-0.3, -0.25) is 4.79 Å². The third-order valence-electron chi connectivity index (χ3n) is 2.75. The summed E-state index contributed by atoms with van der Waals surface area (Å²) in [5, 5.41) is -0.307. The maximum atomic E-state index is 13.2. The van der Waals surface area contributed by atoms with Crippen molar-refractivity contribution in [3.63, 3.8) is 0 Å². The van der Waals surface area contributed by atoms with Gasteiger partial charge in [0.15, 0.2) is 0 Å². The molecule has 23 heavy (non-hydrogen) atoms. The Kier molecular flexibility index (Phi) is 7.79. The Morgan fingerprint density at radius 3 is 2.61 bits per heavy atom. The van der Waals surface area contributed by atoms with Crippen LogP contribution in [0.3, 0.4) is 0 Å². The largest absolute Gasteiger partial charge is 0.462 e. The number of hydrogen-bond acceptors (Lipinski definition) is 5. The van der Waals surface area contributed by atoms with Gasteiger partial charge >= 0.3 is 5.97 Å². The topological polar surface area (TPSA) is 72.5 Å². The summed E-state index contributed by atoms with van der Waals surface area (Å²) in [4.78, 5) is 11.8. The second-order valence-electron chi connectivity index (χ2n) is 5.02. The van der Waals surface area contributed by atoms with E-state index in [9.17, 15) is 17.6 Å². The summed E-state index contributed by atoms with van der Waals surface area (Å²) < 4.78 is 45.2. The Labute approximate surface area is 145 Å². The second kappa shape index (κ2) is 8.86. The molecule has 0 fully saturated rings. The lowest BCUT2D eigenvalue weighted by molar-refractivity contribution is -0.149. The fourth-order valence-electron chi connectivity index (χ4n) is 1.67. The van der Waals surface area contributed by atoms with Crippen LogP contribution >= 0.6 is 23.4 Å². The molecule has 9 heteroatoms. The molecule has 0 radical (unpaired) electrons. The number of hydrogen-bond donors (Lipinski definition) is 1. The first-order valence-electron chi connectivity index (χ1n) is 6.84. The van der Waals surface area contributed by atoms with Gasteiger partial charge in [0.1, 0.15) is 11.9 Å². The normalized spacial score (nSPS) is 13.1. The molecule has 0 unspecified atom stereocenters. The molecule has 0 saturated carbocycles. The number of ether oxygens (including phenoxy) is 1. The van der Waals surface area contributed by atoms with E-state index in [1.165, 1.54) is 11.8 Å². The number of carbonyl (C=O) groups is 1. The molecule has 130 valence electrons. The average Bonchev–Trinajstić information content (AvgIpc) is 2.45. The number of rotatable bonds is 8. The zero-order chi connectivity index (χ0) is 17.6. The van der Waals surface area contributed by atoms with E-state index in [-0.39, 0.29) is 22.4 Å². The number of thioether (sulfide) groups is 1. The number of benzene rings is 1. The Bertz CT molecular complexity index is 652. The highest BCUT2D eigenvalue weighted by Crippen LogP contribution is 2.20. The van der Waals surface area contributed by atoms with Gasteiger partial charge in [-0.25, -0.2) is 12.8 Å². The van der Waals surface area contributed by atoms with Gasteiger partial charge in [0, 0.05) is 0 Å². The lowest BCUT2D eigenvalue weighted by atomic mass is 10.2. The van der Waals surface area contributed by atoms with Crippen molar-refractivity contribution >= 4 is 39.4 Å². The van der Waals surface area contributed by atoms with E-state index in [2.05, 4.69) is 4.72 Å². The van der Waals surface area contributed by atoms with Crippen LogP contribution < -0.4 is 4.72 Å². The summed E-state index contributed by atoms with van der Waals surface area (Å²) in [6.45, 7) is 3.36. The number of halogens is 2. The third-order valence-corrected chi connectivity index (χ3v) is 5.15. The van der Waals surface area contributed by atoms with E-state index in [1.807, 2.05) is 6.26 Å². The highest BCUT2D eigenvalue weighted by Gasteiger charge is 2.27. The molecule has 0 bridgehead atoms. The summed E-state index contributed by atoms with van der Waals surface area (Å²) in [5.41, 5.74) is 0.